The minimum atomic E-state index is 0.354. The largest absolute Gasteiger partial charge is 0.0999 e. The summed E-state index contributed by atoms with van der Waals surface area (Å²) in [6.07, 6.45) is 14.1. The van der Waals surface area contributed by atoms with E-state index in [1.54, 1.807) is 5.56 Å². The molecule has 5 rings (SSSR count). The Morgan fingerprint density at radius 2 is 1.83 bits per heavy atom. The van der Waals surface area contributed by atoms with E-state index in [0.29, 0.717) is 23.7 Å². The lowest BCUT2D eigenvalue weighted by Crippen LogP contribution is -2.15. The standard InChI is InChI=1S/C36H42/c1-22(2)31-12-8-11-30(31)21-34-26(6)16-23(3)17-36(34)32-13-9-10-29-18-28(20-35(29)32)19-33-25(5)15-14-24(4)27(33)7/h9-10,13-18,24,30-31,33H,1,5,7-8,11-12,19-21H2,2-4,6H3. The molecule has 186 valence electrons. The zero-order chi connectivity index (χ0) is 25.6. The van der Waals surface area contributed by atoms with Crippen molar-refractivity contribution in [2.75, 3.05) is 0 Å². The van der Waals surface area contributed by atoms with Crippen LogP contribution in [0.3, 0.4) is 0 Å². The summed E-state index contributed by atoms with van der Waals surface area (Å²) in [4.78, 5) is 0. The van der Waals surface area contributed by atoms with Crippen molar-refractivity contribution in [3.05, 3.63) is 112 Å². The SMILES string of the molecule is C=C1C=CC(C)C(=C)C1CC1=Cc2cccc(-c3cc(C)cc(C)c3CC3CCCC3C(=C)C)c2C1. The molecule has 4 unspecified atom stereocenters. The van der Waals surface area contributed by atoms with Crippen molar-refractivity contribution in [2.45, 2.75) is 66.2 Å². The lowest BCUT2D eigenvalue weighted by molar-refractivity contribution is 0.437. The molecular formula is C36H42. The molecule has 0 aromatic heterocycles. The zero-order valence-corrected chi connectivity index (χ0v) is 22.8. The highest BCUT2D eigenvalue weighted by Crippen LogP contribution is 2.44. The summed E-state index contributed by atoms with van der Waals surface area (Å²) in [7, 11) is 0. The molecule has 4 atom stereocenters. The Balaban J connectivity index is 1.47. The van der Waals surface area contributed by atoms with Gasteiger partial charge in [0, 0.05) is 5.92 Å². The van der Waals surface area contributed by atoms with E-state index in [2.05, 4.69) is 96.0 Å². The summed E-state index contributed by atoms with van der Waals surface area (Å²) in [5.41, 5.74) is 15.5. The molecule has 0 nitrogen and oxygen atoms in total. The van der Waals surface area contributed by atoms with Crippen molar-refractivity contribution in [3.8, 4) is 11.1 Å². The molecule has 0 aliphatic heterocycles. The fourth-order valence-corrected chi connectivity index (χ4v) is 7.11. The van der Waals surface area contributed by atoms with Crippen LogP contribution in [-0.2, 0) is 12.8 Å². The van der Waals surface area contributed by atoms with Crippen LogP contribution in [0.5, 0.6) is 0 Å². The molecule has 0 amide bonds. The lowest BCUT2D eigenvalue weighted by Gasteiger charge is -2.28. The van der Waals surface area contributed by atoms with E-state index in [1.165, 1.54) is 74.9 Å². The van der Waals surface area contributed by atoms with Crippen LogP contribution in [0, 0.1) is 37.5 Å². The third-order valence-corrected chi connectivity index (χ3v) is 9.19. The maximum absolute atomic E-state index is 4.44. The summed E-state index contributed by atoms with van der Waals surface area (Å²) in [6.45, 7) is 22.2. The second-order valence-corrected chi connectivity index (χ2v) is 11.9. The molecular weight excluding hydrogens is 432 g/mol. The first kappa shape index (κ1) is 24.8. The number of hydrogen-bond donors (Lipinski definition) is 0. The third kappa shape index (κ3) is 4.63. The Morgan fingerprint density at radius 3 is 2.61 bits per heavy atom. The fraction of sp³-hybridized carbons (Fsp3) is 0.389. The Labute approximate surface area is 219 Å². The average Bonchev–Trinajstić information content (AvgIpc) is 3.47. The van der Waals surface area contributed by atoms with E-state index in [1.807, 2.05) is 0 Å². The summed E-state index contributed by atoms with van der Waals surface area (Å²) in [5, 5.41) is 0. The Kier molecular flexibility index (Phi) is 6.82. The van der Waals surface area contributed by atoms with Crippen molar-refractivity contribution in [3.63, 3.8) is 0 Å². The van der Waals surface area contributed by atoms with E-state index in [-0.39, 0.29) is 0 Å². The van der Waals surface area contributed by atoms with Gasteiger partial charge in [0.1, 0.15) is 0 Å². The van der Waals surface area contributed by atoms with Gasteiger partial charge in [-0.05, 0) is 110 Å². The highest BCUT2D eigenvalue weighted by Gasteiger charge is 2.30. The van der Waals surface area contributed by atoms with Crippen LogP contribution < -0.4 is 0 Å². The smallest absolute Gasteiger partial charge is 0.00826 e. The molecule has 0 heteroatoms. The molecule has 2 aromatic rings. The number of hydrogen-bond acceptors (Lipinski definition) is 0. The molecule has 3 aliphatic carbocycles. The first-order valence-electron chi connectivity index (χ1n) is 13.9. The van der Waals surface area contributed by atoms with E-state index in [0.717, 1.165) is 19.3 Å². The quantitative estimate of drug-likeness (QED) is 0.365. The van der Waals surface area contributed by atoms with Gasteiger partial charge >= 0.3 is 0 Å². The maximum Gasteiger partial charge on any atom is 0.00826 e. The van der Waals surface area contributed by atoms with Gasteiger partial charge in [-0.15, -0.1) is 0 Å². The van der Waals surface area contributed by atoms with Crippen LogP contribution in [0.4, 0.5) is 0 Å². The second kappa shape index (κ2) is 9.89. The molecule has 2 aromatic carbocycles. The zero-order valence-electron chi connectivity index (χ0n) is 22.8. The molecule has 0 spiro atoms. The first-order valence-corrected chi connectivity index (χ1v) is 13.9. The molecule has 3 aliphatic rings. The molecule has 0 saturated heterocycles. The van der Waals surface area contributed by atoms with Crippen molar-refractivity contribution < 1.29 is 0 Å². The Bertz CT molecular complexity index is 1290. The van der Waals surface area contributed by atoms with Crippen molar-refractivity contribution in [1.82, 2.24) is 0 Å². The lowest BCUT2D eigenvalue weighted by atomic mass is 9.77. The predicted molar refractivity (Wildman–Crippen MR) is 157 cm³/mol. The Morgan fingerprint density at radius 1 is 1.03 bits per heavy atom. The van der Waals surface area contributed by atoms with Gasteiger partial charge in [-0.2, -0.15) is 0 Å². The summed E-state index contributed by atoms with van der Waals surface area (Å²) < 4.78 is 0. The van der Waals surface area contributed by atoms with Crippen LogP contribution in [-0.4, -0.2) is 0 Å². The molecule has 0 radical (unpaired) electrons. The number of fused-ring (bicyclic) bond motifs is 1. The van der Waals surface area contributed by atoms with Crippen LogP contribution in [0.15, 0.2) is 84.5 Å². The first-order chi connectivity index (χ1) is 17.2. The molecule has 1 saturated carbocycles. The second-order valence-electron chi connectivity index (χ2n) is 11.9. The Hall–Kier alpha value is -2.86. The highest BCUT2D eigenvalue weighted by atomic mass is 14.3. The third-order valence-electron chi connectivity index (χ3n) is 9.19. The van der Waals surface area contributed by atoms with Gasteiger partial charge in [-0.25, -0.2) is 0 Å². The van der Waals surface area contributed by atoms with Crippen LogP contribution >= 0.6 is 0 Å². The van der Waals surface area contributed by atoms with Gasteiger partial charge < -0.3 is 0 Å². The normalized spacial score (nSPS) is 25.3. The molecule has 1 fully saturated rings. The molecule has 36 heavy (non-hydrogen) atoms. The van der Waals surface area contributed by atoms with Crippen LogP contribution in [0.1, 0.15) is 67.3 Å². The average molecular weight is 475 g/mol. The van der Waals surface area contributed by atoms with Crippen molar-refractivity contribution >= 4 is 6.08 Å². The minimum Gasteiger partial charge on any atom is -0.0999 e. The van der Waals surface area contributed by atoms with Gasteiger partial charge in [-0.3, -0.25) is 0 Å². The van der Waals surface area contributed by atoms with Gasteiger partial charge in [0.2, 0.25) is 0 Å². The van der Waals surface area contributed by atoms with Gasteiger partial charge in [0.25, 0.3) is 0 Å². The van der Waals surface area contributed by atoms with Gasteiger partial charge in [0.05, 0.1) is 0 Å². The number of benzene rings is 2. The molecule has 0 bridgehead atoms. The minimum absolute atomic E-state index is 0.354. The van der Waals surface area contributed by atoms with Gasteiger partial charge in [-0.1, -0.05) is 104 Å². The number of rotatable bonds is 6. The van der Waals surface area contributed by atoms with Crippen molar-refractivity contribution in [2.24, 2.45) is 23.7 Å². The molecule has 0 N–H and O–H groups in total. The highest BCUT2D eigenvalue weighted by molar-refractivity contribution is 5.80. The van der Waals surface area contributed by atoms with Crippen molar-refractivity contribution in [1.29, 1.82) is 0 Å². The van der Waals surface area contributed by atoms with E-state index in [9.17, 15) is 0 Å². The summed E-state index contributed by atoms with van der Waals surface area (Å²) >= 11 is 0. The number of allylic oxidation sites excluding steroid dienone is 6. The van der Waals surface area contributed by atoms with Crippen LogP contribution in [0.2, 0.25) is 0 Å². The summed E-state index contributed by atoms with van der Waals surface area (Å²) in [6, 6.07) is 11.7. The van der Waals surface area contributed by atoms with Gasteiger partial charge in [0.15, 0.2) is 0 Å². The van der Waals surface area contributed by atoms with E-state index < -0.39 is 0 Å². The fourth-order valence-electron chi connectivity index (χ4n) is 7.11. The van der Waals surface area contributed by atoms with E-state index in [4.69, 9.17) is 0 Å². The number of aryl methyl sites for hydroxylation is 2. The maximum atomic E-state index is 4.44. The summed E-state index contributed by atoms with van der Waals surface area (Å²) in [5.74, 6) is 2.16. The topological polar surface area (TPSA) is 0 Å². The predicted octanol–water partition coefficient (Wildman–Crippen LogP) is 9.77. The van der Waals surface area contributed by atoms with E-state index >= 15 is 0 Å². The molecule has 0 heterocycles. The monoisotopic (exact) mass is 474 g/mol. The van der Waals surface area contributed by atoms with Crippen LogP contribution in [0.25, 0.3) is 17.2 Å².